The molecule has 0 saturated carbocycles. The minimum absolute atomic E-state index is 0.238. The molecular formula is C19H30O2S. The number of benzene rings is 1. The number of rotatable bonds is 11. The molecule has 3 heteroatoms. The summed E-state index contributed by atoms with van der Waals surface area (Å²) in [5, 5.41) is 10.6. The van der Waals surface area contributed by atoms with Gasteiger partial charge in [-0.2, -0.15) is 0 Å². The summed E-state index contributed by atoms with van der Waals surface area (Å²) >= 11 is 1.80. The van der Waals surface area contributed by atoms with Crippen molar-refractivity contribution < 1.29 is 9.84 Å². The van der Waals surface area contributed by atoms with Crippen LogP contribution in [-0.2, 0) is 4.74 Å². The van der Waals surface area contributed by atoms with Gasteiger partial charge in [0.15, 0.2) is 0 Å². The van der Waals surface area contributed by atoms with Gasteiger partial charge in [-0.05, 0) is 37.5 Å². The van der Waals surface area contributed by atoms with Crippen LogP contribution in [0.3, 0.4) is 0 Å². The van der Waals surface area contributed by atoms with E-state index in [-0.39, 0.29) is 11.4 Å². The molecule has 2 nitrogen and oxygen atoms in total. The van der Waals surface area contributed by atoms with Gasteiger partial charge in [-0.25, -0.2) is 0 Å². The van der Waals surface area contributed by atoms with Crippen molar-refractivity contribution >= 4 is 11.8 Å². The summed E-state index contributed by atoms with van der Waals surface area (Å²) in [5.41, 5.74) is 1.17. The molecule has 1 aromatic rings. The molecule has 0 aliphatic carbocycles. The topological polar surface area (TPSA) is 29.5 Å². The van der Waals surface area contributed by atoms with Crippen molar-refractivity contribution in [1.82, 2.24) is 0 Å². The van der Waals surface area contributed by atoms with Gasteiger partial charge in [0.2, 0.25) is 0 Å². The van der Waals surface area contributed by atoms with Crippen molar-refractivity contribution in [2.75, 3.05) is 7.11 Å². The molecule has 0 bridgehead atoms. The highest BCUT2D eigenvalue weighted by Crippen LogP contribution is 2.31. The first-order chi connectivity index (χ1) is 10.7. The molecule has 22 heavy (non-hydrogen) atoms. The quantitative estimate of drug-likeness (QED) is 0.335. The number of ether oxygens (including phenoxy) is 1. The Morgan fingerprint density at radius 3 is 2.59 bits per heavy atom. The molecule has 0 aliphatic rings. The normalized spacial score (nSPS) is 14.6. The molecule has 0 aliphatic heterocycles. The van der Waals surface area contributed by atoms with Crippen LogP contribution in [0.25, 0.3) is 0 Å². The van der Waals surface area contributed by atoms with E-state index in [9.17, 15) is 5.11 Å². The van der Waals surface area contributed by atoms with Crippen LogP contribution in [0.1, 0.15) is 52.4 Å². The second-order valence-corrected chi connectivity index (χ2v) is 7.03. The van der Waals surface area contributed by atoms with Gasteiger partial charge in [0.1, 0.15) is 0 Å². The Morgan fingerprint density at radius 2 is 1.95 bits per heavy atom. The van der Waals surface area contributed by atoms with E-state index < -0.39 is 0 Å². The summed E-state index contributed by atoms with van der Waals surface area (Å²) in [6, 6.07) is 10.4. The van der Waals surface area contributed by atoms with Gasteiger partial charge in [-0.15, -0.1) is 11.8 Å². The average Bonchev–Trinajstić information content (AvgIpc) is 2.52. The van der Waals surface area contributed by atoms with Crippen LogP contribution in [0.5, 0.6) is 0 Å². The second-order valence-electron chi connectivity index (χ2n) is 5.76. The van der Waals surface area contributed by atoms with Crippen molar-refractivity contribution in [2.45, 2.75) is 68.6 Å². The number of methoxy groups -OCH3 is 1. The molecule has 124 valence electrons. The number of unbranched alkanes of at least 4 members (excludes halogenated alkanes) is 3. The maximum absolute atomic E-state index is 10.3. The zero-order valence-corrected chi connectivity index (χ0v) is 14.9. The molecule has 0 amide bonds. The van der Waals surface area contributed by atoms with Gasteiger partial charge < -0.3 is 9.84 Å². The monoisotopic (exact) mass is 322 g/mol. The van der Waals surface area contributed by atoms with Gasteiger partial charge in [-0.3, -0.25) is 0 Å². The van der Waals surface area contributed by atoms with E-state index in [0.717, 1.165) is 19.3 Å². The van der Waals surface area contributed by atoms with Gasteiger partial charge in [0.25, 0.3) is 0 Å². The molecule has 2 atom stereocenters. The maximum Gasteiger partial charge on any atom is 0.0825 e. The lowest BCUT2D eigenvalue weighted by molar-refractivity contribution is 0.152. The number of hydrogen-bond acceptors (Lipinski definition) is 3. The third-order valence-electron chi connectivity index (χ3n) is 3.71. The zero-order chi connectivity index (χ0) is 16.2. The minimum Gasteiger partial charge on any atom is -0.504 e. The number of aliphatic hydroxyl groups is 1. The Morgan fingerprint density at radius 1 is 1.23 bits per heavy atom. The Balaban J connectivity index is 2.56. The molecule has 0 radical (unpaired) electrons. The van der Waals surface area contributed by atoms with Crippen molar-refractivity contribution in [3.05, 3.63) is 42.2 Å². The van der Waals surface area contributed by atoms with Gasteiger partial charge >= 0.3 is 0 Å². The number of thioether (sulfide) groups is 1. The lowest BCUT2D eigenvalue weighted by atomic mass is 10.0. The van der Waals surface area contributed by atoms with Crippen LogP contribution >= 0.6 is 11.8 Å². The first-order valence-electron chi connectivity index (χ1n) is 8.26. The first-order valence-corrected chi connectivity index (χ1v) is 9.14. The minimum atomic E-state index is -0.238. The van der Waals surface area contributed by atoms with Crippen LogP contribution in [0.4, 0.5) is 0 Å². The Labute approximate surface area is 140 Å². The molecule has 0 heterocycles. The predicted molar refractivity (Wildman–Crippen MR) is 96.2 cm³/mol. The summed E-state index contributed by atoms with van der Waals surface area (Å²) in [6.45, 7) is 4.29. The molecule has 0 fully saturated rings. The number of aliphatic hydroxyl groups excluding tert-OH is 1. The van der Waals surface area contributed by atoms with Crippen LogP contribution in [-0.4, -0.2) is 23.6 Å². The summed E-state index contributed by atoms with van der Waals surface area (Å²) in [6.07, 6.45) is 8.06. The van der Waals surface area contributed by atoms with E-state index in [1.54, 1.807) is 25.1 Å². The molecule has 1 N–H and O–H groups in total. The standard InChI is InChI=1S/C19H30O2S/c1-4-5-6-8-11-17(20)14-19(16(2)15-21-3)22-18-12-9-7-10-13-18/h7,9-10,12-13,15,17,19-20H,4-6,8,11,14H2,1-3H3/b16-15+. The van der Waals surface area contributed by atoms with Crippen LogP contribution in [0, 0.1) is 0 Å². The molecule has 0 spiro atoms. The second kappa shape index (κ2) is 11.6. The van der Waals surface area contributed by atoms with Crippen molar-refractivity contribution in [3.8, 4) is 0 Å². The smallest absolute Gasteiger partial charge is 0.0825 e. The van der Waals surface area contributed by atoms with Crippen LogP contribution in [0.15, 0.2) is 47.1 Å². The highest BCUT2D eigenvalue weighted by Gasteiger charge is 2.18. The van der Waals surface area contributed by atoms with E-state index in [1.807, 2.05) is 6.07 Å². The van der Waals surface area contributed by atoms with Crippen molar-refractivity contribution in [1.29, 1.82) is 0 Å². The highest BCUT2D eigenvalue weighted by atomic mass is 32.2. The van der Waals surface area contributed by atoms with E-state index in [2.05, 4.69) is 38.1 Å². The van der Waals surface area contributed by atoms with Gasteiger partial charge in [0, 0.05) is 10.1 Å². The fourth-order valence-electron chi connectivity index (χ4n) is 2.42. The Kier molecular flexibility index (Phi) is 10.1. The van der Waals surface area contributed by atoms with E-state index >= 15 is 0 Å². The third kappa shape index (κ3) is 7.90. The van der Waals surface area contributed by atoms with Crippen molar-refractivity contribution in [3.63, 3.8) is 0 Å². The summed E-state index contributed by atoms with van der Waals surface area (Å²) in [4.78, 5) is 1.23. The molecular weight excluding hydrogens is 292 g/mol. The average molecular weight is 323 g/mol. The Hall–Kier alpha value is -0.930. The molecule has 2 unspecified atom stereocenters. The summed E-state index contributed by atoms with van der Waals surface area (Å²) in [7, 11) is 1.68. The molecule has 0 aromatic heterocycles. The lowest BCUT2D eigenvalue weighted by Gasteiger charge is -2.21. The van der Waals surface area contributed by atoms with Crippen LogP contribution < -0.4 is 0 Å². The van der Waals surface area contributed by atoms with Gasteiger partial charge in [-0.1, -0.05) is 50.8 Å². The molecule has 0 saturated heterocycles. The lowest BCUT2D eigenvalue weighted by Crippen LogP contribution is -2.16. The van der Waals surface area contributed by atoms with Crippen molar-refractivity contribution in [2.24, 2.45) is 0 Å². The van der Waals surface area contributed by atoms with E-state index in [1.165, 1.54) is 29.7 Å². The zero-order valence-electron chi connectivity index (χ0n) is 14.1. The highest BCUT2D eigenvalue weighted by molar-refractivity contribution is 8.00. The molecule has 1 aromatic carbocycles. The fourth-order valence-corrected chi connectivity index (χ4v) is 3.63. The first kappa shape index (κ1) is 19.1. The van der Waals surface area contributed by atoms with Crippen LogP contribution in [0.2, 0.25) is 0 Å². The summed E-state index contributed by atoms with van der Waals surface area (Å²) < 4.78 is 5.16. The third-order valence-corrected chi connectivity index (χ3v) is 5.10. The van der Waals surface area contributed by atoms with E-state index in [4.69, 9.17) is 4.74 Å². The maximum atomic E-state index is 10.3. The predicted octanol–water partition coefficient (Wildman–Crippen LogP) is 5.42. The SMILES string of the molecule is CCCCCCC(O)CC(Sc1ccccc1)/C(C)=C/OC. The molecule has 1 rings (SSSR count). The fraction of sp³-hybridized carbons (Fsp3) is 0.579. The number of hydrogen-bond donors (Lipinski definition) is 1. The Bertz CT molecular complexity index is 417. The van der Waals surface area contributed by atoms with E-state index in [0.29, 0.717) is 0 Å². The summed E-state index contributed by atoms with van der Waals surface area (Å²) in [5.74, 6) is 0. The van der Waals surface area contributed by atoms with Gasteiger partial charge in [0.05, 0.1) is 19.5 Å². The largest absolute Gasteiger partial charge is 0.504 e.